The third kappa shape index (κ3) is 3.19. The predicted octanol–water partition coefficient (Wildman–Crippen LogP) is 1.21. The first kappa shape index (κ1) is 12.8. The highest BCUT2D eigenvalue weighted by atomic mass is 16.4. The third-order valence-corrected chi connectivity index (χ3v) is 2.69. The van der Waals surface area contributed by atoms with Crippen molar-refractivity contribution in [2.75, 3.05) is 11.9 Å². The number of nitrogens with two attached hydrogens (primary N) is 1. The first-order valence-electron chi connectivity index (χ1n) is 5.74. The summed E-state index contributed by atoms with van der Waals surface area (Å²) in [4.78, 5) is 10.2. The lowest BCUT2D eigenvalue weighted by Crippen LogP contribution is -2.19. The van der Waals surface area contributed by atoms with Crippen molar-refractivity contribution < 1.29 is 5.21 Å². The minimum atomic E-state index is 0.101. The highest BCUT2D eigenvalue weighted by Crippen LogP contribution is 2.12. The van der Waals surface area contributed by atoms with Crippen molar-refractivity contribution in [2.45, 2.75) is 6.54 Å². The van der Waals surface area contributed by atoms with Gasteiger partial charge >= 0.3 is 0 Å². The quantitative estimate of drug-likeness (QED) is 0.372. The number of rotatable bonds is 4. The van der Waals surface area contributed by atoms with E-state index < -0.39 is 0 Å². The van der Waals surface area contributed by atoms with E-state index in [1.807, 2.05) is 30.1 Å². The van der Waals surface area contributed by atoms with Crippen molar-refractivity contribution in [3.63, 3.8) is 0 Å². The van der Waals surface area contributed by atoms with Gasteiger partial charge in [-0.1, -0.05) is 23.4 Å². The van der Waals surface area contributed by atoms with Gasteiger partial charge in [-0.25, -0.2) is 4.98 Å². The Kier molecular flexibility index (Phi) is 3.92. The summed E-state index contributed by atoms with van der Waals surface area (Å²) in [5.41, 5.74) is 7.30. The zero-order valence-corrected chi connectivity index (χ0v) is 10.6. The molecule has 0 aliphatic rings. The molecule has 2 aromatic rings. The van der Waals surface area contributed by atoms with Crippen molar-refractivity contribution in [1.82, 2.24) is 9.97 Å². The zero-order valence-electron chi connectivity index (χ0n) is 10.6. The topological polar surface area (TPSA) is 87.6 Å². The van der Waals surface area contributed by atoms with E-state index in [-0.39, 0.29) is 5.84 Å². The smallest absolute Gasteiger partial charge is 0.170 e. The van der Waals surface area contributed by atoms with Crippen molar-refractivity contribution in [3.05, 3.63) is 54.0 Å². The number of hydrogen-bond acceptors (Lipinski definition) is 5. The summed E-state index contributed by atoms with van der Waals surface area (Å²) < 4.78 is 0. The van der Waals surface area contributed by atoms with Gasteiger partial charge < -0.3 is 15.8 Å². The summed E-state index contributed by atoms with van der Waals surface area (Å²) in [6, 6.07) is 7.51. The monoisotopic (exact) mass is 257 g/mol. The number of amidine groups is 1. The number of oxime groups is 1. The van der Waals surface area contributed by atoms with Gasteiger partial charge in [-0.05, 0) is 11.6 Å². The average molecular weight is 257 g/mol. The normalized spacial score (nSPS) is 11.3. The molecule has 98 valence electrons. The van der Waals surface area contributed by atoms with E-state index in [2.05, 4.69) is 15.1 Å². The van der Waals surface area contributed by atoms with Crippen LogP contribution in [0.5, 0.6) is 0 Å². The molecular weight excluding hydrogens is 242 g/mol. The number of anilines is 1. The Morgan fingerprint density at radius 1 is 1.42 bits per heavy atom. The van der Waals surface area contributed by atoms with Crippen LogP contribution >= 0.6 is 0 Å². The van der Waals surface area contributed by atoms with E-state index in [0.29, 0.717) is 12.1 Å². The molecule has 2 rings (SSSR count). The van der Waals surface area contributed by atoms with Crippen molar-refractivity contribution in [3.8, 4) is 0 Å². The first-order chi connectivity index (χ1) is 9.20. The summed E-state index contributed by atoms with van der Waals surface area (Å²) in [5.74, 6) is 0.890. The van der Waals surface area contributed by atoms with Crippen LogP contribution in [-0.2, 0) is 6.54 Å². The molecular formula is C13H15N5O. The minimum absolute atomic E-state index is 0.101. The lowest BCUT2D eigenvalue weighted by atomic mass is 10.1. The zero-order chi connectivity index (χ0) is 13.7. The second kappa shape index (κ2) is 5.81. The molecule has 0 aliphatic heterocycles. The molecule has 0 fully saturated rings. The lowest BCUT2D eigenvalue weighted by molar-refractivity contribution is 0.318. The van der Waals surface area contributed by atoms with Gasteiger partial charge in [-0.3, -0.25) is 4.98 Å². The Morgan fingerprint density at radius 2 is 2.26 bits per heavy atom. The Morgan fingerprint density at radius 3 is 2.95 bits per heavy atom. The fourth-order valence-electron chi connectivity index (χ4n) is 1.73. The Balaban J connectivity index is 2.16. The predicted molar refractivity (Wildman–Crippen MR) is 73.1 cm³/mol. The molecule has 19 heavy (non-hydrogen) atoms. The van der Waals surface area contributed by atoms with Gasteiger partial charge in [-0.2, -0.15) is 0 Å². The molecule has 1 heterocycles. The standard InChI is InChI=1S/C13H15N5O/c1-18(12-8-15-5-6-16-12)9-10-3-2-4-11(7-10)13(14)17-19/h2-8,19H,9H2,1H3,(H2,14,17). The molecule has 0 aliphatic carbocycles. The largest absolute Gasteiger partial charge is 0.409 e. The van der Waals surface area contributed by atoms with E-state index in [0.717, 1.165) is 11.4 Å². The fourth-order valence-corrected chi connectivity index (χ4v) is 1.73. The van der Waals surface area contributed by atoms with Crippen LogP contribution in [0.2, 0.25) is 0 Å². The molecule has 0 saturated carbocycles. The van der Waals surface area contributed by atoms with Gasteiger partial charge in [0.2, 0.25) is 0 Å². The van der Waals surface area contributed by atoms with E-state index in [1.54, 1.807) is 24.7 Å². The maximum Gasteiger partial charge on any atom is 0.170 e. The molecule has 0 amide bonds. The molecule has 0 spiro atoms. The van der Waals surface area contributed by atoms with Crippen molar-refractivity contribution in [2.24, 2.45) is 10.9 Å². The second-order valence-corrected chi connectivity index (χ2v) is 4.11. The lowest BCUT2D eigenvalue weighted by Gasteiger charge is -2.17. The Bertz CT molecular complexity index is 570. The van der Waals surface area contributed by atoms with Gasteiger partial charge in [0.15, 0.2) is 5.84 Å². The van der Waals surface area contributed by atoms with Crippen molar-refractivity contribution >= 4 is 11.7 Å². The highest BCUT2D eigenvalue weighted by Gasteiger charge is 2.05. The van der Waals surface area contributed by atoms with Gasteiger partial charge in [0.1, 0.15) is 5.82 Å². The molecule has 0 bridgehead atoms. The van der Waals surface area contributed by atoms with E-state index in [4.69, 9.17) is 10.9 Å². The summed E-state index contributed by atoms with van der Waals surface area (Å²) >= 11 is 0. The summed E-state index contributed by atoms with van der Waals surface area (Å²) in [7, 11) is 1.93. The van der Waals surface area contributed by atoms with Crippen LogP contribution in [0.4, 0.5) is 5.82 Å². The summed E-state index contributed by atoms with van der Waals surface area (Å²) in [5, 5.41) is 11.7. The molecule has 1 aromatic heterocycles. The molecule has 0 atom stereocenters. The molecule has 6 heteroatoms. The van der Waals surface area contributed by atoms with E-state index in [1.165, 1.54) is 0 Å². The van der Waals surface area contributed by atoms with Crippen LogP contribution in [0.15, 0.2) is 48.0 Å². The number of nitrogens with zero attached hydrogens (tertiary/aromatic N) is 4. The highest BCUT2D eigenvalue weighted by molar-refractivity contribution is 5.97. The molecule has 1 aromatic carbocycles. The summed E-state index contributed by atoms with van der Waals surface area (Å²) in [6.07, 6.45) is 4.99. The van der Waals surface area contributed by atoms with Crippen LogP contribution in [-0.4, -0.2) is 28.1 Å². The maximum atomic E-state index is 8.67. The molecule has 3 N–H and O–H groups in total. The van der Waals surface area contributed by atoms with Gasteiger partial charge in [0.25, 0.3) is 0 Å². The molecule has 0 saturated heterocycles. The summed E-state index contributed by atoms with van der Waals surface area (Å²) in [6.45, 7) is 0.658. The van der Waals surface area contributed by atoms with Crippen molar-refractivity contribution in [1.29, 1.82) is 0 Å². The van der Waals surface area contributed by atoms with Crippen LogP contribution in [0.3, 0.4) is 0 Å². The number of hydrogen-bond donors (Lipinski definition) is 2. The van der Waals surface area contributed by atoms with Gasteiger partial charge in [0.05, 0.1) is 6.20 Å². The van der Waals surface area contributed by atoms with Crippen LogP contribution in [0.1, 0.15) is 11.1 Å². The number of benzene rings is 1. The average Bonchev–Trinajstić information content (AvgIpc) is 2.47. The van der Waals surface area contributed by atoms with Crippen LogP contribution < -0.4 is 10.6 Å². The van der Waals surface area contributed by atoms with Crippen LogP contribution in [0.25, 0.3) is 0 Å². The minimum Gasteiger partial charge on any atom is -0.409 e. The third-order valence-electron chi connectivity index (χ3n) is 2.69. The SMILES string of the molecule is CN(Cc1cccc(C(N)=NO)c1)c1cnccn1. The van der Waals surface area contributed by atoms with E-state index in [9.17, 15) is 0 Å². The Labute approximate surface area is 111 Å². The maximum absolute atomic E-state index is 8.67. The van der Waals surface area contributed by atoms with E-state index >= 15 is 0 Å². The first-order valence-corrected chi connectivity index (χ1v) is 5.74. The second-order valence-electron chi connectivity index (χ2n) is 4.11. The Hall–Kier alpha value is -2.63. The van der Waals surface area contributed by atoms with Crippen LogP contribution in [0, 0.1) is 0 Å². The van der Waals surface area contributed by atoms with Gasteiger partial charge in [0, 0.05) is 31.5 Å². The molecule has 0 radical (unpaired) electrons. The number of aromatic nitrogens is 2. The fraction of sp³-hybridized carbons (Fsp3) is 0.154. The molecule has 6 nitrogen and oxygen atoms in total. The van der Waals surface area contributed by atoms with Gasteiger partial charge in [-0.15, -0.1) is 0 Å². The molecule has 0 unspecified atom stereocenters.